The van der Waals surface area contributed by atoms with Crippen molar-refractivity contribution in [3.05, 3.63) is 0 Å². The second kappa shape index (κ2) is 8.53. The molecule has 4 N–H and O–H groups in total. The van der Waals surface area contributed by atoms with E-state index in [1.165, 1.54) is 6.34 Å². The van der Waals surface area contributed by atoms with Crippen LogP contribution in [0.15, 0.2) is 4.99 Å². The summed E-state index contributed by atoms with van der Waals surface area (Å²) in [7, 11) is 0. The molecular formula is C15H24N4O5. The highest BCUT2D eigenvalue weighted by Gasteiger charge is 2.40. The first-order valence-electron chi connectivity index (χ1n) is 7.68. The number of carbonyl (C=O) groups is 3. The van der Waals surface area contributed by atoms with Crippen molar-refractivity contribution < 1.29 is 24.2 Å². The molecule has 1 rings (SSSR count). The third-order valence-corrected chi connectivity index (χ3v) is 3.55. The first-order valence-corrected chi connectivity index (χ1v) is 7.68. The summed E-state index contributed by atoms with van der Waals surface area (Å²) in [6.45, 7) is 5.17. The summed E-state index contributed by atoms with van der Waals surface area (Å²) in [4.78, 5) is 39.5. The molecule has 0 aromatic heterocycles. The van der Waals surface area contributed by atoms with Gasteiger partial charge in [0.2, 0.25) is 0 Å². The Morgan fingerprint density at radius 2 is 2.17 bits per heavy atom. The van der Waals surface area contributed by atoms with E-state index >= 15 is 0 Å². The van der Waals surface area contributed by atoms with E-state index in [4.69, 9.17) is 10.1 Å². The zero-order valence-electron chi connectivity index (χ0n) is 14.0. The largest absolute Gasteiger partial charge is 0.461 e. The van der Waals surface area contributed by atoms with Gasteiger partial charge >= 0.3 is 5.97 Å². The molecule has 24 heavy (non-hydrogen) atoms. The molecule has 9 heteroatoms. The smallest absolute Gasteiger partial charge is 0.328 e. The number of aliphatic imine (C=N–C) groups is 1. The number of hydrogen-bond acceptors (Lipinski definition) is 8. The molecule has 0 aromatic carbocycles. The van der Waals surface area contributed by atoms with E-state index < -0.39 is 35.3 Å². The lowest BCUT2D eigenvalue weighted by molar-refractivity contribution is -0.153. The summed E-state index contributed by atoms with van der Waals surface area (Å²) in [6.07, 6.45) is 0.136. The molecule has 0 saturated carbocycles. The fourth-order valence-corrected chi connectivity index (χ4v) is 2.10. The lowest BCUT2D eigenvalue weighted by atomic mass is 9.94. The van der Waals surface area contributed by atoms with Gasteiger partial charge in [0.1, 0.15) is 6.04 Å². The average Bonchev–Trinajstić information content (AvgIpc) is 2.97. The van der Waals surface area contributed by atoms with Gasteiger partial charge in [-0.15, -0.1) is 0 Å². The number of nitrogens with zero attached hydrogens (tertiary/aromatic N) is 1. The molecule has 1 amide bonds. The average molecular weight is 340 g/mol. The number of aliphatic hydroxyl groups excluding tert-OH is 1. The quantitative estimate of drug-likeness (QED) is 0.319. The van der Waals surface area contributed by atoms with E-state index in [2.05, 4.69) is 15.6 Å². The highest BCUT2D eigenvalue weighted by molar-refractivity contribution is 6.26. The minimum atomic E-state index is -1.44. The summed E-state index contributed by atoms with van der Waals surface area (Å²) in [5, 5.41) is 22.3. The Morgan fingerprint density at radius 1 is 1.50 bits per heavy atom. The van der Waals surface area contributed by atoms with Gasteiger partial charge in [-0.2, -0.15) is 0 Å². The van der Waals surface area contributed by atoms with Crippen LogP contribution in [0, 0.1) is 5.41 Å². The Kier molecular flexibility index (Phi) is 7.02. The van der Waals surface area contributed by atoms with Crippen molar-refractivity contribution in [1.29, 1.82) is 5.41 Å². The summed E-state index contributed by atoms with van der Waals surface area (Å²) in [5.74, 6) is -1.92. The summed E-state index contributed by atoms with van der Waals surface area (Å²) in [6, 6.07) is -1.08. The first-order chi connectivity index (χ1) is 11.2. The van der Waals surface area contributed by atoms with Gasteiger partial charge in [0, 0.05) is 6.42 Å². The molecule has 134 valence electrons. The number of ether oxygens (including phenoxy) is 1. The van der Waals surface area contributed by atoms with Gasteiger partial charge in [0.05, 0.1) is 30.7 Å². The number of ketones is 1. The summed E-state index contributed by atoms with van der Waals surface area (Å²) in [5.41, 5.74) is -0.957. The molecule has 0 fully saturated rings. The highest BCUT2D eigenvalue weighted by atomic mass is 16.5. The Morgan fingerprint density at radius 3 is 2.67 bits per heavy atom. The Labute approximate surface area is 140 Å². The molecule has 0 aromatic rings. The van der Waals surface area contributed by atoms with E-state index in [0.29, 0.717) is 6.21 Å². The van der Waals surface area contributed by atoms with E-state index in [1.807, 2.05) is 0 Å². The van der Waals surface area contributed by atoms with Crippen LogP contribution in [0.3, 0.4) is 0 Å². The summed E-state index contributed by atoms with van der Waals surface area (Å²) >= 11 is 0. The molecular weight excluding hydrogens is 316 g/mol. The summed E-state index contributed by atoms with van der Waals surface area (Å²) < 4.78 is 5.07. The Balaban J connectivity index is 2.74. The molecule has 0 spiro atoms. The number of aliphatic hydroxyl groups is 1. The van der Waals surface area contributed by atoms with Crippen molar-refractivity contribution in [1.82, 2.24) is 10.6 Å². The number of Topliss-reactive ketones (excluding diaryl/α,β-unsaturated/α-hetero) is 1. The Bertz CT molecular complexity index is 524. The molecule has 3 atom stereocenters. The fourth-order valence-electron chi connectivity index (χ4n) is 2.10. The molecule has 1 aliphatic rings. The van der Waals surface area contributed by atoms with Crippen LogP contribution in [0.1, 0.15) is 33.6 Å². The second-order valence-corrected chi connectivity index (χ2v) is 6.13. The third kappa shape index (κ3) is 5.41. The standard InChI is InChI=1S/C15H24N4O5/c1-9(2)24-14(23)11(5-4-10(20)6-16)19-13(22)12(21)15(3)7-17-8-18-15/h6,8-9,11-12,16,21H,4-5,7H2,1-3H3,(H,17,18)(H,19,22)/t11-,12-,15?/m0/s1. The topological polar surface area (TPSA) is 141 Å². The van der Waals surface area contributed by atoms with Crippen molar-refractivity contribution in [3.63, 3.8) is 0 Å². The lowest BCUT2D eigenvalue weighted by Crippen LogP contribution is -2.59. The zero-order chi connectivity index (χ0) is 18.3. The number of rotatable bonds is 9. The second-order valence-electron chi connectivity index (χ2n) is 6.13. The van der Waals surface area contributed by atoms with Gasteiger partial charge in [0.15, 0.2) is 11.9 Å². The van der Waals surface area contributed by atoms with Gasteiger partial charge in [-0.3, -0.25) is 14.6 Å². The highest BCUT2D eigenvalue weighted by Crippen LogP contribution is 2.15. The number of esters is 1. The zero-order valence-corrected chi connectivity index (χ0v) is 14.0. The van der Waals surface area contributed by atoms with Crippen molar-refractivity contribution in [2.75, 3.05) is 6.54 Å². The number of carbonyl (C=O) groups excluding carboxylic acids is 3. The predicted molar refractivity (Wildman–Crippen MR) is 87.1 cm³/mol. The van der Waals surface area contributed by atoms with Gasteiger partial charge in [-0.25, -0.2) is 4.79 Å². The van der Waals surface area contributed by atoms with Crippen LogP contribution in [0.4, 0.5) is 0 Å². The van der Waals surface area contributed by atoms with Crippen LogP contribution in [0.25, 0.3) is 0 Å². The molecule has 0 radical (unpaired) electrons. The van der Waals surface area contributed by atoms with E-state index in [9.17, 15) is 19.5 Å². The monoisotopic (exact) mass is 340 g/mol. The van der Waals surface area contributed by atoms with Crippen LogP contribution in [-0.4, -0.2) is 65.7 Å². The normalized spacial score (nSPS) is 21.7. The lowest BCUT2D eigenvalue weighted by Gasteiger charge is -2.30. The van der Waals surface area contributed by atoms with Gasteiger partial charge in [-0.05, 0) is 27.2 Å². The molecule has 1 unspecified atom stereocenters. The van der Waals surface area contributed by atoms with Crippen molar-refractivity contribution in [3.8, 4) is 0 Å². The molecule has 1 aliphatic heterocycles. The molecule has 0 bridgehead atoms. The van der Waals surface area contributed by atoms with Crippen molar-refractivity contribution in [2.24, 2.45) is 4.99 Å². The minimum absolute atomic E-state index is 0.0150. The van der Waals surface area contributed by atoms with Gasteiger partial charge < -0.3 is 25.9 Å². The Hall–Kier alpha value is -2.29. The minimum Gasteiger partial charge on any atom is -0.461 e. The molecule has 0 saturated heterocycles. The van der Waals surface area contributed by atoms with E-state index in [0.717, 1.165) is 0 Å². The molecule has 0 aliphatic carbocycles. The first kappa shape index (κ1) is 19.8. The number of hydrogen-bond donors (Lipinski definition) is 4. The molecule has 9 nitrogen and oxygen atoms in total. The van der Waals surface area contributed by atoms with Crippen molar-refractivity contribution >= 4 is 30.2 Å². The van der Waals surface area contributed by atoms with Gasteiger partial charge in [-0.1, -0.05) is 0 Å². The van der Waals surface area contributed by atoms with Crippen LogP contribution >= 0.6 is 0 Å². The van der Waals surface area contributed by atoms with Gasteiger partial charge in [0.25, 0.3) is 5.91 Å². The van der Waals surface area contributed by atoms with Crippen LogP contribution in [0.5, 0.6) is 0 Å². The van der Waals surface area contributed by atoms with Crippen molar-refractivity contribution in [2.45, 2.75) is 57.4 Å². The van der Waals surface area contributed by atoms with Crippen LogP contribution in [-0.2, 0) is 19.1 Å². The fraction of sp³-hybridized carbons (Fsp3) is 0.667. The van der Waals surface area contributed by atoms with Crippen LogP contribution < -0.4 is 10.6 Å². The maximum atomic E-state index is 12.3. The maximum absolute atomic E-state index is 12.3. The number of nitrogens with one attached hydrogen (secondary N) is 3. The maximum Gasteiger partial charge on any atom is 0.328 e. The third-order valence-electron chi connectivity index (χ3n) is 3.55. The van der Waals surface area contributed by atoms with E-state index in [1.54, 1.807) is 20.8 Å². The van der Waals surface area contributed by atoms with Crippen LogP contribution in [0.2, 0.25) is 0 Å². The predicted octanol–water partition coefficient (Wildman–Crippen LogP) is -0.827. The number of amides is 1. The van der Waals surface area contributed by atoms with E-state index in [-0.39, 0.29) is 25.5 Å². The molecule has 1 heterocycles. The SMILES string of the molecule is CC(C)OC(=O)[C@H](CCC(=O)C=N)NC(=O)[C@H](O)C1(C)CN=CN1.